The zero-order valence-corrected chi connectivity index (χ0v) is 25.6. The van der Waals surface area contributed by atoms with E-state index in [1.54, 1.807) is 26.8 Å². The molecular formula is C31H37F7N4O3. The van der Waals surface area contributed by atoms with Crippen LogP contribution in [0, 0.1) is 12.7 Å². The molecule has 7 nitrogen and oxygen atoms in total. The number of aliphatic hydroxyl groups is 2. The molecule has 0 aliphatic carbocycles. The Morgan fingerprint density at radius 1 is 0.911 bits per heavy atom. The molecule has 3 rings (SSSR count). The van der Waals surface area contributed by atoms with Gasteiger partial charge in [-0.2, -0.15) is 26.3 Å². The smallest absolute Gasteiger partial charge is 0.392 e. The lowest BCUT2D eigenvalue weighted by atomic mass is 9.81. The number of hydrogen-bond acceptors (Lipinski definition) is 6. The number of aliphatic hydroxyl groups excluding tert-OH is 2. The Balaban J connectivity index is 0.00000130. The van der Waals surface area contributed by atoms with E-state index >= 15 is 0 Å². The van der Waals surface area contributed by atoms with E-state index in [1.807, 2.05) is 0 Å². The second-order valence-corrected chi connectivity index (χ2v) is 11.1. The number of nitrogens with two attached hydrogens (primary N) is 1. The maximum atomic E-state index is 13.8. The van der Waals surface area contributed by atoms with E-state index in [1.165, 1.54) is 45.3 Å². The van der Waals surface area contributed by atoms with Gasteiger partial charge in [-0.15, -0.1) is 0 Å². The van der Waals surface area contributed by atoms with Crippen LogP contribution < -0.4 is 16.0 Å². The first-order valence-corrected chi connectivity index (χ1v) is 13.7. The molecule has 0 aliphatic rings. The van der Waals surface area contributed by atoms with Gasteiger partial charge in [0.2, 0.25) is 5.91 Å². The van der Waals surface area contributed by atoms with Gasteiger partial charge in [0, 0.05) is 25.7 Å². The minimum absolute atomic E-state index is 0.00602. The number of carbonyl (C=O) groups excluding carboxylic acids is 1. The molecule has 2 aromatic carbocycles. The summed E-state index contributed by atoms with van der Waals surface area (Å²) >= 11 is 0. The largest absolute Gasteiger partial charge is 0.416 e. The first-order valence-electron chi connectivity index (χ1n) is 13.7. The maximum Gasteiger partial charge on any atom is 0.416 e. The van der Waals surface area contributed by atoms with Crippen LogP contribution in [-0.2, 0) is 22.6 Å². The van der Waals surface area contributed by atoms with Gasteiger partial charge in [0.15, 0.2) is 0 Å². The number of pyridine rings is 1. The summed E-state index contributed by atoms with van der Waals surface area (Å²) in [7, 11) is 1.32. The molecule has 248 valence electrons. The monoisotopic (exact) mass is 646 g/mol. The van der Waals surface area contributed by atoms with E-state index in [4.69, 9.17) is 10.8 Å². The summed E-state index contributed by atoms with van der Waals surface area (Å²) in [6.07, 6.45) is -9.89. The van der Waals surface area contributed by atoms with Crippen molar-refractivity contribution in [3.05, 3.63) is 76.7 Å². The molecule has 0 fully saturated rings. The Morgan fingerprint density at radius 3 is 1.87 bits per heavy atom. The number of nitrogens with one attached hydrogen (secondary N) is 1. The lowest BCUT2D eigenvalue weighted by molar-refractivity contribution is -0.143. The van der Waals surface area contributed by atoms with Crippen LogP contribution in [0.15, 0.2) is 48.7 Å². The van der Waals surface area contributed by atoms with Crippen LogP contribution in [0.25, 0.3) is 11.1 Å². The van der Waals surface area contributed by atoms with Gasteiger partial charge in [0.25, 0.3) is 0 Å². The third kappa shape index (κ3) is 9.87. The van der Waals surface area contributed by atoms with Gasteiger partial charge < -0.3 is 26.2 Å². The van der Waals surface area contributed by atoms with Gasteiger partial charge in [-0.25, -0.2) is 9.37 Å². The zero-order chi connectivity index (χ0) is 34.5. The fourth-order valence-corrected chi connectivity index (χ4v) is 4.18. The highest BCUT2D eigenvalue weighted by Gasteiger charge is 2.41. The van der Waals surface area contributed by atoms with Crippen LogP contribution in [-0.4, -0.2) is 53.4 Å². The number of amides is 1. The van der Waals surface area contributed by atoms with Crippen molar-refractivity contribution < 1.29 is 45.7 Å². The Labute approximate surface area is 256 Å². The van der Waals surface area contributed by atoms with Crippen molar-refractivity contribution in [3.8, 4) is 11.1 Å². The highest BCUT2D eigenvalue weighted by atomic mass is 19.4. The Morgan fingerprint density at radius 2 is 1.42 bits per heavy atom. The summed E-state index contributed by atoms with van der Waals surface area (Å²) in [5, 5.41) is 20.8. The summed E-state index contributed by atoms with van der Waals surface area (Å²) in [5.74, 6) is -0.997. The van der Waals surface area contributed by atoms with Gasteiger partial charge in [-0.05, 0) is 87.7 Å². The van der Waals surface area contributed by atoms with Crippen molar-refractivity contribution in [3.63, 3.8) is 0 Å². The van der Waals surface area contributed by atoms with E-state index in [-0.39, 0.29) is 24.4 Å². The summed E-state index contributed by atoms with van der Waals surface area (Å²) in [4.78, 5) is 19.1. The highest BCUT2D eigenvalue weighted by Crippen LogP contribution is 2.41. The fraction of sp³-hybridized carbons (Fsp3) is 0.419. The lowest BCUT2D eigenvalue weighted by Crippen LogP contribution is -2.42. The average molecular weight is 647 g/mol. The fourth-order valence-electron chi connectivity index (χ4n) is 4.18. The van der Waals surface area contributed by atoms with Gasteiger partial charge in [0.1, 0.15) is 11.6 Å². The summed E-state index contributed by atoms with van der Waals surface area (Å²) in [6, 6.07) is 6.60. The third-order valence-corrected chi connectivity index (χ3v) is 6.79. The van der Waals surface area contributed by atoms with Crippen molar-refractivity contribution in [1.82, 2.24) is 4.98 Å². The Hall–Kier alpha value is -3.75. The molecule has 0 radical (unpaired) electrons. The van der Waals surface area contributed by atoms with Gasteiger partial charge in [-0.3, -0.25) is 4.79 Å². The summed E-state index contributed by atoms with van der Waals surface area (Å²) in [6.45, 7) is 7.82. The zero-order valence-electron chi connectivity index (χ0n) is 25.6. The molecule has 0 unspecified atom stereocenters. The molecular weight excluding hydrogens is 609 g/mol. The Bertz CT molecular complexity index is 1440. The molecule has 0 saturated carbocycles. The number of benzene rings is 2. The molecule has 0 saturated heterocycles. The minimum Gasteiger partial charge on any atom is -0.392 e. The van der Waals surface area contributed by atoms with Crippen molar-refractivity contribution in [2.24, 2.45) is 5.73 Å². The van der Waals surface area contributed by atoms with Crippen molar-refractivity contribution in [2.75, 3.05) is 30.4 Å². The number of anilines is 2. The third-order valence-electron chi connectivity index (χ3n) is 6.79. The molecule has 0 spiro atoms. The number of aryl methyl sites for hydroxylation is 1. The van der Waals surface area contributed by atoms with E-state index in [9.17, 15) is 40.6 Å². The minimum atomic E-state index is -5.08. The second kappa shape index (κ2) is 14.6. The molecule has 1 aromatic heterocycles. The highest BCUT2D eigenvalue weighted by molar-refractivity contribution is 6.03. The number of halogens is 7. The van der Waals surface area contributed by atoms with E-state index in [0.717, 1.165) is 4.90 Å². The molecule has 2 atom stereocenters. The van der Waals surface area contributed by atoms with Crippen molar-refractivity contribution in [2.45, 2.75) is 64.6 Å². The summed E-state index contributed by atoms with van der Waals surface area (Å²) < 4.78 is 94.8. The molecule has 14 heteroatoms. The standard InChI is InChI=1S/C28H28F7N3O2.C3H9NO/c1-15-8-20(29)6-7-21(15)22-12-24(36-13-16(2)39)37-14-23(22)38(5)25(40)26(3,4)17-9-18(27(30,31)32)11-19(10-17)28(33,34)35;1-3(5)2-4/h6-12,14,16,39H,13H2,1-5H3,(H,36,37);3,5H,2,4H2,1H3/t16-;3-/m00/s1. The van der Waals surface area contributed by atoms with Crippen LogP contribution in [0.1, 0.15) is 49.9 Å². The van der Waals surface area contributed by atoms with Crippen LogP contribution in [0.2, 0.25) is 0 Å². The van der Waals surface area contributed by atoms with Gasteiger partial charge >= 0.3 is 12.4 Å². The van der Waals surface area contributed by atoms with E-state index < -0.39 is 52.3 Å². The first kappa shape index (κ1) is 37.4. The molecule has 1 amide bonds. The molecule has 45 heavy (non-hydrogen) atoms. The van der Waals surface area contributed by atoms with E-state index in [2.05, 4.69) is 10.3 Å². The number of hydrogen-bond donors (Lipinski definition) is 4. The van der Waals surface area contributed by atoms with Crippen LogP contribution in [0.3, 0.4) is 0 Å². The van der Waals surface area contributed by atoms with Crippen LogP contribution >= 0.6 is 0 Å². The van der Waals surface area contributed by atoms with E-state index in [0.29, 0.717) is 41.2 Å². The number of aromatic nitrogens is 1. The maximum absolute atomic E-state index is 13.8. The second-order valence-electron chi connectivity index (χ2n) is 11.1. The normalized spacial score (nSPS) is 13.4. The molecule has 1 heterocycles. The predicted molar refractivity (Wildman–Crippen MR) is 158 cm³/mol. The van der Waals surface area contributed by atoms with Gasteiger partial charge in [0.05, 0.1) is 40.6 Å². The quantitative estimate of drug-likeness (QED) is 0.214. The van der Waals surface area contributed by atoms with Crippen molar-refractivity contribution >= 4 is 17.4 Å². The number of rotatable bonds is 8. The van der Waals surface area contributed by atoms with Crippen LogP contribution in [0.5, 0.6) is 0 Å². The average Bonchev–Trinajstić information content (AvgIpc) is 2.94. The lowest BCUT2D eigenvalue weighted by Gasteiger charge is -2.32. The number of carbonyl (C=O) groups is 1. The Kier molecular flexibility index (Phi) is 12.1. The first-order chi connectivity index (χ1) is 20.6. The molecule has 3 aromatic rings. The molecule has 0 aliphatic heterocycles. The number of nitrogens with zero attached hydrogens (tertiary/aromatic N) is 2. The summed E-state index contributed by atoms with van der Waals surface area (Å²) in [5.41, 5.74) is 1.13. The molecule has 0 bridgehead atoms. The topological polar surface area (TPSA) is 112 Å². The molecule has 5 N–H and O–H groups in total. The van der Waals surface area contributed by atoms with Gasteiger partial charge in [-0.1, -0.05) is 6.07 Å². The SMILES string of the molecule is C[C@H](O)CN.Cc1cc(F)ccc1-c1cc(NC[C@H](C)O)ncc1N(C)C(=O)C(C)(C)c1cc(C(F)(F)F)cc(C(F)(F)F)c1. The van der Waals surface area contributed by atoms with Crippen LogP contribution in [0.4, 0.5) is 42.2 Å². The number of alkyl halides is 6. The number of likely N-dealkylation sites (N-methyl/N-ethyl adjacent to an activating group) is 1. The van der Waals surface area contributed by atoms with Crippen molar-refractivity contribution in [1.29, 1.82) is 0 Å². The predicted octanol–water partition coefficient (Wildman–Crippen LogP) is 6.29.